The van der Waals surface area contributed by atoms with Crippen LogP contribution in [0, 0.1) is 17.3 Å². The summed E-state index contributed by atoms with van der Waals surface area (Å²) in [5.41, 5.74) is 0.980. The number of rotatable bonds is 6. The van der Waals surface area contributed by atoms with Gasteiger partial charge in [-0.25, -0.2) is 0 Å². The number of hydrogen-bond donors (Lipinski definition) is 1. The van der Waals surface area contributed by atoms with Gasteiger partial charge in [-0.1, -0.05) is 43.1 Å². The van der Waals surface area contributed by atoms with Crippen molar-refractivity contribution < 1.29 is 4.79 Å². The summed E-state index contributed by atoms with van der Waals surface area (Å²) >= 11 is 11.4. The van der Waals surface area contributed by atoms with Gasteiger partial charge in [-0.15, -0.1) is 0 Å². The maximum Gasteiger partial charge on any atom is 0.224 e. The Morgan fingerprint density at radius 1 is 1.43 bits per heavy atom. The van der Waals surface area contributed by atoms with Crippen LogP contribution in [0.1, 0.15) is 26.0 Å². The highest BCUT2D eigenvalue weighted by Gasteiger charge is 2.60. The van der Waals surface area contributed by atoms with Crippen LogP contribution in [0.3, 0.4) is 0 Å². The first-order chi connectivity index (χ1) is 9.93. The van der Waals surface area contributed by atoms with Gasteiger partial charge in [0.1, 0.15) is 4.49 Å². The lowest BCUT2D eigenvalue weighted by atomic mass is 10.1. The fourth-order valence-corrected chi connectivity index (χ4v) is 3.03. The molecule has 3 nitrogen and oxygen atoms in total. The van der Waals surface area contributed by atoms with E-state index >= 15 is 0 Å². The minimum Gasteiger partial charge on any atom is -0.356 e. The molecule has 1 saturated carbocycles. The Kier molecular flexibility index (Phi) is 5.28. The van der Waals surface area contributed by atoms with E-state index in [4.69, 9.17) is 23.2 Å². The summed E-state index contributed by atoms with van der Waals surface area (Å²) in [5.74, 6) is 0.162. The highest BCUT2D eigenvalue weighted by molar-refractivity contribution is 6.55. The van der Waals surface area contributed by atoms with E-state index in [-0.39, 0.29) is 27.6 Å². The lowest BCUT2D eigenvalue weighted by Gasteiger charge is -2.06. The van der Waals surface area contributed by atoms with Gasteiger partial charge in [0.05, 0.1) is 5.92 Å². The fraction of sp³-hybridized carbons (Fsp3) is 0.500. The Morgan fingerprint density at radius 3 is 2.81 bits per heavy atom. The Hall–Kier alpha value is -1.06. The number of allylic oxidation sites excluding steroid dienone is 1. The van der Waals surface area contributed by atoms with Crippen LogP contribution in [0.25, 0.3) is 0 Å². The summed E-state index contributed by atoms with van der Waals surface area (Å²) < 4.78 is 0.235. The maximum absolute atomic E-state index is 12.2. The number of amides is 1. The first-order valence-corrected chi connectivity index (χ1v) is 7.89. The molecule has 0 aromatic carbocycles. The molecule has 1 N–H and O–H groups in total. The van der Waals surface area contributed by atoms with Crippen LogP contribution < -0.4 is 5.32 Å². The zero-order valence-electron chi connectivity index (χ0n) is 12.3. The molecule has 2 rings (SSSR count). The predicted molar refractivity (Wildman–Crippen MR) is 86.1 cm³/mol. The van der Waals surface area contributed by atoms with Crippen LogP contribution in [0.15, 0.2) is 35.0 Å². The van der Waals surface area contributed by atoms with Gasteiger partial charge in [-0.3, -0.25) is 9.78 Å². The molecule has 1 amide bonds. The molecule has 0 radical (unpaired) electrons. The number of aromatic nitrogens is 1. The number of carbonyl (C=O) groups excluding carboxylic acids is 1. The summed E-state index contributed by atoms with van der Waals surface area (Å²) in [5, 5.41) is 2.99. The van der Waals surface area contributed by atoms with Gasteiger partial charge in [0, 0.05) is 18.4 Å². The molecule has 0 spiro atoms. The van der Waals surface area contributed by atoms with Crippen LogP contribution in [0.2, 0.25) is 0 Å². The Labute approximate surface area is 135 Å². The van der Waals surface area contributed by atoms with Crippen LogP contribution >= 0.6 is 23.2 Å². The fourth-order valence-electron chi connectivity index (χ4n) is 2.76. The average molecular weight is 327 g/mol. The second-order valence-corrected chi connectivity index (χ2v) is 7.00. The standard InChI is InChI=1S/C16H20Cl2N2O/c1-16(2)12(10-13(17)18)14(16)15(21)20-9-5-7-11-6-3-4-8-19-11/h3-4,6,8,10,12,14H,5,7,9H2,1-2H3,(H,20,21). The lowest BCUT2D eigenvalue weighted by Crippen LogP contribution is -2.28. The third kappa shape index (κ3) is 4.21. The van der Waals surface area contributed by atoms with E-state index in [1.165, 1.54) is 0 Å². The van der Waals surface area contributed by atoms with Crippen LogP contribution in [0.4, 0.5) is 0 Å². The molecule has 0 saturated heterocycles. The summed E-state index contributed by atoms with van der Waals surface area (Å²) in [6, 6.07) is 5.87. The third-order valence-corrected chi connectivity index (χ3v) is 4.39. The van der Waals surface area contributed by atoms with Crippen molar-refractivity contribution in [3.8, 4) is 0 Å². The van der Waals surface area contributed by atoms with Crippen molar-refractivity contribution in [1.29, 1.82) is 0 Å². The van der Waals surface area contributed by atoms with E-state index in [2.05, 4.69) is 24.1 Å². The molecule has 0 bridgehead atoms. The van der Waals surface area contributed by atoms with Crippen molar-refractivity contribution >= 4 is 29.1 Å². The molecule has 0 aliphatic heterocycles. The van der Waals surface area contributed by atoms with Crippen LogP contribution in [0.5, 0.6) is 0 Å². The quantitative estimate of drug-likeness (QED) is 0.809. The highest BCUT2D eigenvalue weighted by atomic mass is 35.5. The van der Waals surface area contributed by atoms with E-state index in [9.17, 15) is 4.79 Å². The molecule has 1 aromatic heterocycles. The number of halogens is 2. The Balaban J connectivity index is 1.74. The lowest BCUT2D eigenvalue weighted by molar-refractivity contribution is -0.123. The monoisotopic (exact) mass is 326 g/mol. The molecule has 1 heterocycles. The van der Waals surface area contributed by atoms with Crippen molar-refractivity contribution in [3.63, 3.8) is 0 Å². The van der Waals surface area contributed by atoms with E-state index in [1.807, 2.05) is 18.2 Å². The van der Waals surface area contributed by atoms with Crippen molar-refractivity contribution in [3.05, 3.63) is 40.7 Å². The smallest absolute Gasteiger partial charge is 0.224 e. The molecule has 5 heteroatoms. The number of aryl methyl sites for hydroxylation is 1. The summed E-state index contributed by atoms with van der Waals surface area (Å²) in [7, 11) is 0. The normalized spacial score (nSPS) is 22.5. The van der Waals surface area contributed by atoms with Crippen molar-refractivity contribution in [2.75, 3.05) is 6.54 Å². The van der Waals surface area contributed by atoms with Gasteiger partial charge in [0.2, 0.25) is 5.91 Å². The van der Waals surface area contributed by atoms with Gasteiger partial charge < -0.3 is 5.32 Å². The molecule has 1 fully saturated rings. The topological polar surface area (TPSA) is 42.0 Å². The third-order valence-electron chi connectivity index (χ3n) is 4.13. The SMILES string of the molecule is CC1(C)C(C=C(Cl)Cl)C1C(=O)NCCCc1ccccn1. The summed E-state index contributed by atoms with van der Waals surface area (Å²) in [4.78, 5) is 16.4. The number of carbonyl (C=O) groups is 1. The van der Waals surface area contributed by atoms with E-state index in [1.54, 1.807) is 12.3 Å². The number of hydrogen-bond acceptors (Lipinski definition) is 2. The predicted octanol–water partition coefficient (Wildman–Crippen LogP) is 3.72. The van der Waals surface area contributed by atoms with Crippen molar-refractivity contribution in [2.45, 2.75) is 26.7 Å². The summed E-state index contributed by atoms with van der Waals surface area (Å²) in [6.45, 7) is 4.78. The molecule has 1 aromatic rings. The second kappa shape index (κ2) is 6.80. The van der Waals surface area contributed by atoms with Crippen LogP contribution in [-0.4, -0.2) is 17.4 Å². The van der Waals surface area contributed by atoms with E-state index in [0.717, 1.165) is 18.5 Å². The maximum atomic E-state index is 12.2. The van der Waals surface area contributed by atoms with Crippen LogP contribution in [-0.2, 0) is 11.2 Å². The molecule has 21 heavy (non-hydrogen) atoms. The van der Waals surface area contributed by atoms with Gasteiger partial charge in [-0.05, 0) is 42.4 Å². The molecule has 1 aliphatic carbocycles. The van der Waals surface area contributed by atoms with Crippen molar-refractivity contribution in [1.82, 2.24) is 10.3 Å². The molecule has 2 unspecified atom stereocenters. The molecule has 1 aliphatic rings. The van der Waals surface area contributed by atoms with Gasteiger partial charge in [-0.2, -0.15) is 0 Å². The zero-order chi connectivity index (χ0) is 15.5. The first-order valence-electron chi connectivity index (χ1n) is 7.13. The highest BCUT2D eigenvalue weighted by Crippen LogP contribution is 2.59. The zero-order valence-corrected chi connectivity index (χ0v) is 13.8. The van der Waals surface area contributed by atoms with Gasteiger partial charge in [0.15, 0.2) is 0 Å². The Bertz CT molecular complexity index is 524. The summed E-state index contributed by atoms with van der Waals surface area (Å²) in [6.07, 6.45) is 5.30. The number of nitrogens with zero attached hydrogens (tertiary/aromatic N) is 1. The number of nitrogens with one attached hydrogen (secondary N) is 1. The van der Waals surface area contributed by atoms with E-state index < -0.39 is 0 Å². The largest absolute Gasteiger partial charge is 0.356 e. The molecular weight excluding hydrogens is 307 g/mol. The minimum absolute atomic E-state index is 0.0418. The van der Waals surface area contributed by atoms with Gasteiger partial charge >= 0.3 is 0 Å². The van der Waals surface area contributed by atoms with Crippen molar-refractivity contribution in [2.24, 2.45) is 17.3 Å². The molecule has 114 valence electrons. The Morgan fingerprint density at radius 2 is 2.19 bits per heavy atom. The van der Waals surface area contributed by atoms with Gasteiger partial charge in [0.25, 0.3) is 0 Å². The number of pyridine rings is 1. The average Bonchev–Trinajstić information content (AvgIpc) is 2.96. The van der Waals surface area contributed by atoms with E-state index in [0.29, 0.717) is 6.54 Å². The first kappa shape index (κ1) is 16.3. The molecular formula is C16H20Cl2N2O. The second-order valence-electron chi connectivity index (χ2n) is 6.00. The molecule has 2 atom stereocenters. The minimum atomic E-state index is -0.0693.